The molecule has 0 aliphatic carbocycles. The van der Waals surface area contributed by atoms with Crippen LogP contribution in [0.3, 0.4) is 0 Å². The molecule has 0 spiro atoms. The zero-order valence-corrected chi connectivity index (χ0v) is 14.8. The molecule has 27 heavy (non-hydrogen) atoms. The molecule has 0 bridgehead atoms. The van der Waals surface area contributed by atoms with Crippen molar-refractivity contribution >= 4 is 12.0 Å². The van der Waals surface area contributed by atoms with Gasteiger partial charge in [0.1, 0.15) is 11.6 Å². The maximum atomic E-state index is 13.6. The van der Waals surface area contributed by atoms with Gasteiger partial charge in [-0.3, -0.25) is 4.79 Å². The summed E-state index contributed by atoms with van der Waals surface area (Å²) >= 11 is 0. The van der Waals surface area contributed by atoms with Crippen molar-refractivity contribution < 1.29 is 13.9 Å². The van der Waals surface area contributed by atoms with Crippen LogP contribution in [-0.2, 0) is 4.79 Å². The number of carbonyl (C=O) groups is 1. The average Bonchev–Trinajstić information content (AvgIpc) is 2.68. The summed E-state index contributed by atoms with van der Waals surface area (Å²) in [5, 5.41) is 2.86. The van der Waals surface area contributed by atoms with E-state index in [2.05, 4.69) is 10.3 Å². The maximum absolute atomic E-state index is 13.6. The number of carbonyl (C=O) groups excluding carboxylic acids is 1. The molecule has 5 heteroatoms. The van der Waals surface area contributed by atoms with Crippen LogP contribution >= 0.6 is 0 Å². The van der Waals surface area contributed by atoms with Crippen molar-refractivity contribution in [2.75, 3.05) is 0 Å². The summed E-state index contributed by atoms with van der Waals surface area (Å²) < 4.78 is 19.3. The molecule has 1 N–H and O–H groups in total. The smallest absolute Gasteiger partial charge is 0.244 e. The van der Waals surface area contributed by atoms with Crippen LogP contribution < -0.4 is 10.1 Å². The first-order chi connectivity index (χ1) is 13.1. The Kier molecular flexibility index (Phi) is 5.94. The van der Waals surface area contributed by atoms with Crippen LogP contribution in [0.4, 0.5) is 4.39 Å². The number of amides is 1. The van der Waals surface area contributed by atoms with E-state index in [0.717, 1.165) is 5.56 Å². The zero-order chi connectivity index (χ0) is 19.1. The molecule has 0 saturated carbocycles. The van der Waals surface area contributed by atoms with Crippen LogP contribution in [0.5, 0.6) is 11.6 Å². The quantitative estimate of drug-likeness (QED) is 0.634. The molecule has 136 valence electrons. The minimum Gasteiger partial charge on any atom is -0.439 e. The number of nitrogens with one attached hydrogen (secondary N) is 1. The van der Waals surface area contributed by atoms with Crippen LogP contribution in [-0.4, -0.2) is 10.9 Å². The number of hydrogen-bond acceptors (Lipinski definition) is 3. The minimum absolute atomic E-state index is 0.241. The molecule has 0 saturated heterocycles. The van der Waals surface area contributed by atoms with Crippen LogP contribution in [0, 0.1) is 5.82 Å². The fourth-order valence-electron chi connectivity index (χ4n) is 2.50. The Balaban J connectivity index is 1.63. The number of hydrogen-bond donors (Lipinski definition) is 1. The average molecular weight is 362 g/mol. The van der Waals surface area contributed by atoms with E-state index >= 15 is 0 Å². The molecular weight excluding hydrogens is 343 g/mol. The summed E-state index contributed by atoms with van der Waals surface area (Å²) in [4.78, 5) is 16.3. The van der Waals surface area contributed by atoms with Gasteiger partial charge in [-0.25, -0.2) is 9.37 Å². The van der Waals surface area contributed by atoms with E-state index in [1.807, 2.05) is 43.3 Å². The summed E-state index contributed by atoms with van der Waals surface area (Å²) in [6.07, 6.45) is 4.44. The largest absolute Gasteiger partial charge is 0.439 e. The first-order valence-corrected chi connectivity index (χ1v) is 8.54. The summed E-state index contributed by atoms with van der Waals surface area (Å²) in [5.41, 5.74) is 1.25. The van der Waals surface area contributed by atoms with Gasteiger partial charge in [-0.15, -0.1) is 0 Å². The molecule has 2 aromatic carbocycles. The molecule has 0 aliphatic heterocycles. The van der Waals surface area contributed by atoms with Crippen LogP contribution in [0.2, 0.25) is 0 Å². The molecule has 1 aromatic heterocycles. The molecule has 1 amide bonds. The highest BCUT2D eigenvalue weighted by atomic mass is 19.1. The summed E-state index contributed by atoms with van der Waals surface area (Å²) in [6.45, 7) is 1.87. The van der Waals surface area contributed by atoms with Crippen molar-refractivity contribution in [2.24, 2.45) is 0 Å². The maximum Gasteiger partial charge on any atom is 0.244 e. The van der Waals surface area contributed by atoms with Crippen molar-refractivity contribution in [3.63, 3.8) is 0 Å². The Hall–Kier alpha value is -3.47. The molecule has 0 unspecified atom stereocenters. The Bertz CT molecular complexity index is 942. The van der Waals surface area contributed by atoms with Gasteiger partial charge in [0.2, 0.25) is 11.8 Å². The third-order valence-corrected chi connectivity index (χ3v) is 3.90. The van der Waals surface area contributed by atoms with Gasteiger partial charge >= 0.3 is 0 Å². The monoisotopic (exact) mass is 362 g/mol. The van der Waals surface area contributed by atoms with Crippen LogP contribution in [0.1, 0.15) is 24.1 Å². The second-order valence-corrected chi connectivity index (χ2v) is 5.93. The highest BCUT2D eigenvalue weighted by Crippen LogP contribution is 2.23. The molecule has 0 aliphatic rings. The molecule has 1 atom stereocenters. The van der Waals surface area contributed by atoms with Gasteiger partial charge in [-0.05, 0) is 42.8 Å². The highest BCUT2D eigenvalue weighted by molar-refractivity contribution is 5.92. The molecular formula is C22H19FN2O2. The van der Waals surface area contributed by atoms with Crippen LogP contribution in [0.15, 0.2) is 79.0 Å². The Morgan fingerprint density at radius 3 is 2.70 bits per heavy atom. The highest BCUT2D eigenvalue weighted by Gasteiger charge is 2.09. The normalized spacial score (nSPS) is 11.9. The topological polar surface area (TPSA) is 51.2 Å². The summed E-state index contributed by atoms with van der Waals surface area (Å²) in [6, 6.07) is 18.9. The summed E-state index contributed by atoms with van der Waals surface area (Å²) in [7, 11) is 0. The molecule has 3 aromatic rings. The standard InChI is InChI=1S/C22H19FN2O2/c1-16(25-21(26)13-12-17-7-2-3-10-20(17)23)18-8-6-9-19(15-18)27-22-11-4-5-14-24-22/h2-16H,1H3,(H,25,26)/b13-12+/t16-/m0/s1. The SMILES string of the molecule is C[C@H](NC(=O)/C=C/c1ccccc1F)c1cccc(Oc2ccccn2)c1. The Labute approximate surface area is 157 Å². The number of halogens is 1. The fraction of sp³-hybridized carbons (Fsp3) is 0.0909. The van der Waals surface area contributed by atoms with E-state index in [9.17, 15) is 9.18 Å². The van der Waals surface area contributed by atoms with E-state index in [1.165, 1.54) is 18.2 Å². The van der Waals surface area contributed by atoms with Gasteiger partial charge in [0.25, 0.3) is 0 Å². The van der Waals surface area contributed by atoms with Crippen molar-refractivity contribution in [3.8, 4) is 11.6 Å². The predicted molar refractivity (Wildman–Crippen MR) is 103 cm³/mol. The van der Waals surface area contributed by atoms with Gasteiger partial charge in [0.05, 0.1) is 6.04 Å². The lowest BCUT2D eigenvalue weighted by molar-refractivity contribution is -0.117. The fourth-order valence-corrected chi connectivity index (χ4v) is 2.50. The summed E-state index contributed by atoms with van der Waals surface area (Å²) in [5.74, 6) is 0.462. The van der Waals surface area contributed by atoms with Gasteiger partial charge in [0.15, 0.2) is 0 Å². The molecule has 4 nitrogen and oxygen atoms in total. The molecule has 0 radical (unpaired) electrons. The Morgan fingerprint density at radius 2 is 1.93 bits per heavy atom. The molecule has 0 fully saturated rings. The third-order valence-electron chi connectivity index (χ3n) is 3.90. The minimum atomic E-state index is -0.367. The van der Waals surface area contributed by atoms with Crippen molar-refractivity contribution in [2.45, 2.75) is 13.0 Å². The predicted octanol–water partition coefficient (Wildman–Crippen LogP) is 4.90. The number of pyridine rings is 1. The van der Waals surface area contributed by atoms with E-state index in [1.54, 1.807) is 30.5 Å². The van der Waals surface area contributed by atoms with E-state index in [0.29, 0.717) is 17.2 Å². The third kappa shape index (κ3) is 5.25. The van der Waals surface area contributed by atoms with Gasteiger partial charge in [0, 0.05) is 23.9 Å². The zero-order valence-electron chi connectivity index (χ0n) is 14.8. The number of nitrogens with zero attached hydrogens (tertiary/aromatic N) is 1. The number of ether oxygens (including phenoxy) is 1. The first-order valence-electron chi connectivity index (χ1n) is 8.54. The van der Waals surface area contributed by atoms with Gasteiger partial charge < -0.3 is 10.1 Å². The van der Waals surface area contributed by atoms with Crippen LogP contribution in [0.25, 0.3) is 6.08 Å². The van der Waals surface area contributed by atoms with E-state index < -0.39 is 0 Å². The number of benzene rings is 2. The van der Waals surface area contributed by atoms with Crippen molar-refractivity contribution in [1.29, 1.82) is 0 Å². The van der Waals surface area contributed by atoms with Gasteiger partial charge in [-0.1, -0.05) is 36.4 Å². The lowest BCUT2D eigenvalue weighted by Gasteiger charge is -2.14. The number of aromatic nitrogens is 1. The number of rotatable bonds is 6. The van der Waals surface area contributed by atoms with Crippen molar-refractivity contribution in [3.05, 3.63) is 95.9 Å². The lowest BCUT2D eigenvalue weighted by Crippen LogP contribution is -2.24. The van der Waals surface area contributed by atoms with Gasteiger partial charge in [-0.2, -0.15) is 0 Å². The van der Waals surface area contributed by atoms with E-state index in [4.69, 9.17) is 4.74 Å². The Morgan fingerprint density at radius 1 is 1.11 bits per heavy atom. The lowest BCUT2D eigenvalue weighted by atomic mass is 10.1. The second-order valence-electron chi connectivity index (χ2n) is 5.93. The molecule has 3 rings (SSSR count). The first kappa shape index (κ1) is 18.3. The van der Waals surface area contributed by atoms with Crippen molar-refractivity contribution in [1.82, 2.24) is 10.3 Å². The second kappa shape index (κ2) is 8.76. The molecule has 1 heterocycles. The van der Waals surface area contributed by atoms with E-state index in [-0.39, 0.29) is 17.8 Å².